The van der Waals surface area contributed by atoms with Gasteiger partial charge in [0.05, 0.1) is 25.0 Å². The average molecular weight is 370 g/mol. The zero-order chi connectivity index (χ0) is 18.5. The summed E-state index contributed by atoms with van der Waals surface area (Å²) in [7, 11) is 0. The molecule has 0 unspecified atom stereocenters. The van der Waals surface area contributed by atoms with Crippen LogP contribution < -0.4 is 5.32 Å². The fourth-order valence-electron chi connectivity index (χ4n) is 5.23. The minimum Gasteiger partial charge on any atom is -0.462 e. The zero-order valence-electron chi connectivity index (χ0n) is 14.9. The molecule has 27 heavy (non-hydrogen) atoms. The monoisotopic (exact) mass is 370 g/mol. The molecule has 0 aromatic heterocycles. The van der Waals surface area contributed by atoms with Crippen molar-refractivity contribution >= 4 is 23.5 Å². The van der Waals surface area contributed by atoms with Gasteiger partial charge < -0.3 is 19.7 Å². The van der Waals surface area contributed by atoms with E-state index in [-0.39, 0.29) is 47.6 Å². The summed E-state index contributed by atoms with van der Waals surface area (Å²) < 4.78 is 10.7. The lowest BCUT2D eigenvalue weighted by atomic mass is 9.79. The first-order chi connectivity index (χ1) is 13.1. The van der Waals surface area contributed by atoms with E-state index in [0.717, 1.165) is 12.8 Å². The molecule has 2 amide bonds. The van der Waals surface area contributed by atoms with Crippen molar-refractivity contribution in [3.8, 4) is 0 Å². The second-order valence-electron chi connectivity index (χ2n) is 7.89. The molecule has 5 rings (SSSR count). The number of fused-ring (bicyclic) bond motifs is 1. The first-order valence-corrected chi connectivity index (χ1v) is 9.60. The third kappa shape index (κ3) is 2.72. The summed E-state index contributed by atoms with van der Waals surface area (Å²) in [5.74, 6) is -0.477. The van der Waals surface area contributed by atoms with Crippen molar-refractivity contribution < 1.29 is 23.9 Å². The van der Waals surface area contributed by atoms with Crippen LogP contribution in [0.2, 0.25) is 0 Å². The van der Waals surface area contributed by atoms with Crippen LogP contribution in [0.5, 0.6) is 0 Å². The van der Waals surface area contributed by atoms with E-state index in [1.165, 1.54) is 0 Å². The van der Waals surface area contributed by atoms with Crippen LogP contribution in [0.3, 0.4) is 0 Å². The Morgan fingerprint density at radius 1 is 1.07 bits per heavy atom. The largest absolute Gasteiger partial charge is 0.462 e. The van der Waals surface area contributed by atoms with Crippen molar-refractivity contribution in [1.29, 1.82) is 0 Å². The lowest BCUT2D eigenvalue weighted by molar-refractivity contribution is -0.145. The van der Waals surface area contributed by atoms with E-state index in [2.05, 4.69) is 5.32 Å². The molecule has 5 atom stereocenters. The third-order valence-electron chi connectivity index (χ3n) is 6.48. The van der Waals surface area contributed by atoms with Crippen LogP contribution in [0.4, 0.5) is 5.69 Å². The molecule has 4 fully saturated rings. The Morgan fingerprint density at radius 2 is 1.81 bits per heavy atom. The smallest absolute Gasteiger partial charge is 0.310 e. The van der Waals surface area contributed by atoms with Gasteiger partial charge in [-0.05, 0) is 43.0 Å². The SMILES string of the molecule is O=C1O[C@H]2C[C@H]3C[C@H]2[C@@H]1[C@H]3C(=O)Nc1ccc(C(=O)N2CCOCC2)cc1. The van der Waals surface area contributed by atoms with Crippen LogP contribution in [-0.2, 0) is 19.1 Å². The maximum absolute atomic E-state index is 12.8. The van der Waals surface area contributed by atoms with Crippen LogP contribution in [0.15, 0.2) is 24.3 Å². The highest BCUT2D eigenvalue weighted by Crippen LogP contribution is 2.57. The van der Waals surface area contributed by atoms with Gasteiger partial charge >= 0.3 is 5.97 Å². The Balaban J connectivity index is 1.25. The van der Waals surface area contributed by atoms with Gasteiger partial charge in [0.25, 0.3) is 5.91 Å². The molecule has 2 aliphatic heterocycles. The minimum atomic E-state index is -0.295. The van der Waals surface area contributed by atoms with Crippen molar-refractivity contribution in [3.63, 3.8) is 0 Å². The van der Waals surface area contributed by atoms with E-state index in [1.807, 2.05) is 0 Å². The van der Waals surface area contributed by atoms with Gasteiger partial charge in [-0.15, -0.1) is 0 Å². The summed E-state index contributed by atoms with van der Waals surface area (Å²) in [5.41, 5.74) is 1.24. The molecule has 0 radical (unpaired) electrons. The minimum absolute atomic E-state index is 0.0241. The van der Waals surface area contributed by atoms with Crippen molar-refractivity contribution in [2.75, 3.05) is 31.6 Å². The molecule has 7 nitrogen and oxygen atoms in total. The van der Waals surface area contributed by atoms with Crippen LogP contribution in [0.1, 0.15) is 23.2 Å². The standard InChI is InChI=1S/C20H22N2O5/c23-18(16-12-9-14-15(10-12)27-20(25)17(14)16)21-13-3-1-11(2-4-13)19(24)22-5-7-26-8-6-22/h1-4,12,14-17H,5-10H2,(H,21,23)/t12-,14-,15+,16+,17-/m1/s1. The number of nitrogens with zero attached hydrogens (tertiary/aromatic N) is 1. The number of rotatable bonds is 3. The second-order valence-corrected chi connectivity index (χ2v) is 7.89. The summed E-state index contributed by atoms with van der Waals surface area (Å²) in [6.45, 7) is 2.32. The fraction of sp³-hybridized carbons (Fsp3) is 0.550. The van der Waals surface area contributed by atoms with Gasteiger partial charge in [0.1, 0.15) is 6.10 Å². The van der Waals surface area contributed by atoms with Crippen LogP contribution >= 0.6 is 0 Å². The number of esters is 1. The maximum atomic E-state index is 12.8. The average Bonchev–Trinajstić information content (AvgIpc) is 3.31. The summed E-state index contributed by atoms with van der Waals surface area (Å²) >= 11 is 0. The fourth-order valence-corrected chi connectivity index (χ4v) is 5.23. The highest BCUT2D eigenvalue weighted by molar-refractivity contribution is 5.98. The normalized spacial score (nSPS) is 33.9. The molecule has 4 aliphatic rings. The van der Waals surface area contributed by atoms with Crippen molar-refractivity contribution in [2.45, 2.75) is 18.9 Å². The van der Waals surface area contributed by atoms with Crippen LogP contribution in [0.25, 0.3) is 0 Å². The Kier molecular flexibility index (Phi) is 3.93. The molecule has 2 bridgehead atoms. The number of nitrogens with one attached hydrogen (secondary N) is 1. The third-order valence-corrected chi connectivity index (χ3v) is 6.48. The topological polar surface area (TPSA) is 84.9 Å². The molecule has 1 aromatic rings. The summed E-state index contributed by atoms with van der Waals surface area (Å²) in [6.07, 6.45) is 1.74. The maximum Gasteiger partial charge on any atom is 0.310 e. The molecule has 142 valence electrons. The molecule has 2 heterocycles. The number of hydrogen-bond acceptors (Lipinski definition) is 5. The molecule has 1 aromatic carbocycles. The highest BCUT2D eigenvalue weighted by Gasteiger charge is 2.63. The first-order valence-electron chi connectivity index (χ1n) is 9.60. The van der Waals surface area contributed by atoms with Gasteiger partial charge in [0, 0.05) is 30.3 Å². The van der Waals surface area contributed by atoms with E-state index in [1.54, 1.807) is 29.2 Å². The van der Waals surface area contributed by atoms with Crippen molar-refractivity contribution in [3.05, 3.63) is 29.8 Å². The van der Waals surface area contributed by atoms with Gasteiger partial charge in [-0.3, -0.25) is 14.4 Å². The number of anilines is 1. The van der Waals surface area contributed by atoms with Gasteiger partial charge in [-0.2, -0.15) is 0 Å². The Hall–Kier alpha value is -2.41. The summed E-state index contributed by atoms with van der Waals surface area (Å²) in [6, 6.07) is 6.95. The highest BCUT2D eigenvalue weighted by atomic mass is 16.6. The number of carbonyl (C=O) groups excluding carboxylic acids is 3. The Bertz CT molecular complexity index is 784. The Morgan fingerprint density at radius 3 is 2.56 bits per heavy atom. The molecular weight excluding hydrogens is 348 g/mol. The lowest BCUT2D eigenvalue weighted by Crippen LogP contribution is -2.40. The van der Waals surface area contributed by atoms with E-state index in [4.69, 9.17) is 9.47 Å². The Labute approximate surface area is 157 Å². The van der Waals surface area contributed by atoms with Crippen molar-refractivity contribution in [1.82, 2.24) is 4.90 Å². The predicted molar refractivity (Wildman–Crippen MR) is 94.9 cm³/mol. The molecule has 2 aliphatic carbocycles. The molecule has 2 saturated carbocycles. The van der Waals surface area contributed by atoms with E-state index < -0.39 is 0 Å². The van der Waals surface area contributed by atoms with Crippen LogP contribution in [0, 0.1) is 23.7 Å². The molecular formula is C20H22N2O5. The molecule has 2 saturated heterocycles. The number of benzene rings is 1. The number of amides is 2. The number of carbonyl (C=O) groups is 3. The van der Waals surface area contributed by atoms with Gasteiger partial charge in [-0.1, -0.05) is 0 Å². The van der Waals surface area contributed by atoms with Gasteiger partial charge in [-0.25, -0.2) is 0 Å². The van der Waals surface area contributed by atoms with E-state index >= 15 is 0 Å². The van der Waals surface area contributed by atoms with Gasteiger partial charge in [0.15, 0.2) is 0 Å². The number of ether oxygens (including phenoxy) is 2. The number of hydrogen-bond donors (Lipinski definition) is 1. The van der Waals surface area contributed by atoms with E-state index in [9.17, 15) is 14.4 Å². The lowest BCUT2D eigenvalue weighted by Gasteiger charge is -2.27. The molecule has 0 spiro atoms. The molecule has 7 heteroatoms. The summed E-state index contributed by atoms with van der Waals surface area (Å²) in [5, 5.41) is 2.93. The predicted octanol–water partition coefficient (Wildman–Crippen LogP) is 1.30. The molecule has 1 N–H and O–H groups in total. The van der Waals surface area contributed by atoms with Crippen molar-refractivity contribution in [2.24, 2.45) is 23.7 Å². The second kappa shape index (κ2) is 6.34. The number of morpholine rings is 1. The summed E-state index contributed by atoms with van der Waals surface area (Å²) in [4.78, 5) is 39.1. The van der Waals surface area contributed by atoms with Gasteiger partial charge in [0.2, 0.25) is 5.91 Å². The van der Waals surface area contributed by atoms with Crippen LogP contribution in [-0.4, -0.2) is 55.1 Å². The van der Waals surface area contributed by atoms with E-state index in [0.29, 0.717) is 37.6 Å². The quantitative estimate of drug-likeness (QED) is 0.811. The zero-order valence-corrected chi connectivity index (χ0v) is 14.9. The first kappa shape index (κ1) is 16.7.